The van der Waals surface area contributed by atoms with Gasteiger partial charge in [0.25, 0.3) is 0 Å². The zero-order valence-electron chi connectivity index (χ0n) is 28.0. The molecule has 0 amide bonds. The molecule has 0 saturated heterocycles. The Labute approximate surface area is 309 Å². The number of carbonyl (C=O) groups excluding carboxylic acids is 3. The largest absolute Gasteiger partial charge is 0.465 e. The van der Waals surface area contributed by atoms with Crippen molar-refractivity contribution in [2.24, 2.45) is 0 Å². The minimum atomic E-state index is -0.198. The summed E-state index contributed by atoms with van der Waals surface area (Å²) in [5, 5.41) is 0. The van der Waals surface area contributed by atoms with Crippen molar-refractivity contribution in [3.05, 3.63) is 43.6 Å². The van der Waals surface area contributed by atoms with Gasteiger partial charge in [-0.2, -0.15) is 0 Å². The topological polar surface area (TPSA) is 93.7 Å². The Kier molecular flexibility index (Phi) is 15.6. The minimum absolute atomic E-state index is 0.198. The van der Waals surface area contributed by atoms with Gasteiger partial charge in [0.15, 0.2) is 11.9 Å². The van der Waals surface area contributed by atoms with Gasteiger partial charge in [0.2, 0.25) is 0 Å². The molecule has 3 aromatic heterocycles. The van der Waals surface area contributed by atoms with Gasteiger partial charge < -0.3 is 27.9 Å². The molecule has 1 aliphatic heterocycles. The number of fused-ring (bicyclic) bond motifs is 6. The lowest BCUT2D eigenvalue weighted by atomic mass is 10.2. The molecule has 3 aromatic rings. The highest BCUT2D eigenvalue weighted by molar-refractivity contribution is 7.74. The van der Waals surface area contributed by atoms with Crippen LogP contribution in [0.3, 0.4) is 0 Å². The van der Waals surface area contributed by atoms with E-state index >= 15 is 0 Å². The number of esters is 3. The zero-order valence-corrected chi connectivity index (χ0v) is 32.9. The number of carbonyl (C=O) groups is 3. The fraction of sp³-hybridized carbons (Fsp3) is 0.636. The van der Waals surface area contributed by atoms with Crippen LogP contribution in [0.4, 0.5) is 0 Å². The predicted octanol–water partition coefficient (Wildman–Crippen LogP) is 8.57. The Hall–Kier alpha value is -2.04. The van der Waals surface area contributed by atoms with Crippen molar-refractivity contribution >= 4 is 88.6 Å². The summed E-state index contributed by atoms with van der Waals surface area (Å²) >= 11 is 21.5. The molecule has 1 aliphatic rings. The Morgan fingerprint density at radius 1 is 0.458 bits per heavy atom. The molecule has 0 unspecified atom stereocenters. The van der Waals surface area contributed by atoms with E-state index in [2.05, 4.69) is 13.7 Å². The highest BCUT2D eigenvalue weighted by atomic mass is 32.2. The van der Waals surface area contributed by atoms with E-state index in [1.165, 1.54) is 0 Å². The molecule has 0 radical (unpaired) electrons. The number of nitrogens with zero attached hydrogens (tertiary/aromatic N) is 3. The second kappa shape index (κ2) is 19.4. The van der Waals surface area contributed by atoms with E-state index in [4.69, 9.17) is 50.9 Å². The first kappa shape index (κ1) is 38.8. The molecule has 0 saturated carbocycles. The molecule has 0 fully saturated rings. The fourth-order valence-electron chi connectivity index (χ4n) is 5.65. The van der Waals surface area contributed by atoms with E-state index < -0.39 is 0 Å². The van der Waals surface area contributed by atoms with Crippen molar-refractivity contribution in [2.75, 3.05) is 19.8 Å². The first-order valence-electron chi connectivity index (χ1n) is 16.6. The van der Waals surface area contributed by atoms with E-state index in [9.17, 15) is 14.4 Å². The molecule has 4 rings (SSSR count). The molecule has 0 N–H and O–H groups in total. The monoisotopic (exact) mass is 771 g/mol. The SMILES string of the molecule is Cc1c2sc(=S)n1CCCCC(=O)OCCc1sc(=S)n(c1C)CCCCC(=O)OCCc1sc(=S)n(c1C)CCCCC(=O)OCC2. The van der Waals surface area contributed by atoms with E-state index in [0.29, 0.717) is 77.6 Å². The van der Waals surface area contributed by atoms with E-state index in [1.54, 1.807) is 34.0 Å². The second-order valence-corrected chi connectivity index (χ2v) is 17.1. The van der Waals surface area contributed by atoms with E-state index in [1.807, 2.05) is 20.8 Å². The van der Waals surface area contributed by atoms with Crippen LogP contribution in [0.1, 0.15) is 89.5 Å². The Morgan fingerprint density at radius 3 is 1.00 bits per heavy atom. The van der Waals surface area contributed by atoms with Gasteiger partial charge in [0, 0.05) is 89.9 Å². The first-order chi connectivity index (χ1) is 23.0. The third kappa shape index (κ3) is 11.2. The number of hydrogen-bond acceptors (Lipinski definition) is 12. The van der Waals surface area contributed by atoms with Crippen molar-refractivity contribution in [3.63, 3.8) is 0 Å². The van der Waals surface area contributed by atoms with Crippen LogP contribution in [0.15, 0.2) is 0 Å². The molecule has 0 atom stereocenters. The molecule has 9 nitrogen and oxygen atoms in total. The number of cyclic esters (lactones) is 3. The van der Waals surface area contributed by atoms with Gasteiger partial charge >= 0.3 is 17.9 Å². The Balaban J connectivity index is 1.35. The lowest BCUT2D eigenvalue weighted by Crippen LogP contribution is -2.10. The number of thiazole rings is 3. The molecule has 4 heterocycles. The van der Waals surface area contributed by atoms with Gasteiger partial charge in [-0.1, -0.05) is 0 Å². The van der Waals surface area contributed by atoms with Crippen LogP contribution in [0.2, 0.25) is 0 Å². The van der Waals surface area contributed by atoms with Crippen molar-refractivity contribution in [1.82, 2.24) is 13.7 Å². The maximum atomic E-state index is 12.4. The summed E-state index contributed by atoms with van der Waals surface area (Å²) in [6, 6.07) is 0. The highest BCUT2D eigenvalue weighted by Gasteiger charge is 2.14. The molecule has 0 aliphatic carbocycles. The molecule has 15 heteroatoms. The highest BCUT2D eigenvalue weighted by Crippen LogP contribution is 2.23. The Bertz CT molecular complexity index is 1540. The quantitative estimate of drug-likeness (QED) is 0.127. The summed E-state index contributed by atoms with van der Waals surface area (Å²) in [6.45, 7) is 9.32. The average molecular weight is 772 g/mol. The summed E-state index contributed by atoms with van der Waals surface area (Å²) in [6.07, 6.45) is 7.54. The lowest BCUT2D eigenvalue weighted by molar-refractivity contribution is -0.144. The molecule has 0 spiro atoms. The zero-order chi connectivity index (χ0) is 34.6. The van der Waals surface area contributed by atoms with Gasteiger partial charge in [0.05, 0.1) is 19.8 Å². The number of aromatic nitrogens is 3. The number of rotatable bonds is 0. The van der Waals surface area contributed by atoms with Crippen molar-refractivity contribution < 1.29 is 28.6 Å². The molecular weight excluding hydrogens is 727 g/mol. The van der Waals surface area contributed by atoms with Crippen LogP contribution >= 0.6 is 70.7 Å². The normalized spacial score (nSPS) is 17.7. The van der Waals surface area contributed by atoms with Gasteiger partial charge in [-0.15, -0.1) is 34.0 Å². The maximum Gasteiger partial charge on any atom is 0.305 e. The van der Waals surface area contributed by atoms with Crippen LogP contribution in [0.5, 0.6) is 0 Å². The maximum absolute atomic E-state index is 12.4. The van der Waals surface area contributed by atoms with Crippen molar-refractivity contribution in [3.8, 4) is 0 Å². The van der Waals surface area contributed by atoms with E-state index in [-0.39, 0.29) is 17.9 Å². The van der Waals surface area contributed by atoms with E-state index in [0.717, 1.165) is 82.5 Å². The van der Waals surface area contributed by atoms with Gasteiger partial charge in [0.1, 0.15) is 0 Å². The summed E-state index contributed by atoms with van der Waals surface area (Å²) in [5.41, 5.74) is 3.28. The smallest absolute Gasteiger partial charge is 0.305 e. The van der Waals surface area contributed by atoms with Gasteiger partial charge in [-0.25, -0.2) is 0 Å². The predicted molar refractivity (Wildman–Crippen MR) is 199 cm³/mol. The molecule has 0 aromatic carbocycles. The average Bonchev–Trinajstić information content (AvgIpc) is 3.58. The second-order valence-electron chi connectivity index (χ2n) is 11.9. The third-order valence-corrected chi connectivity index (χ3v) is 13.4. The van der Waals surface area contributed by atoms with Crippen LogP contribution in [-0.4, -0.2) is 51.4 Å². The lowest BCUT2D eigenvalue weighted by Gasteiger charge is -2.09. The molecule has 48 heavy (non-hydrogen) atoms. The summed E-state index contributed by atoms with van der Waals surface area (Å²) in [7, 11) is 0. The molecule has 264 valence electrons. The van der Waals surface area contributed by atoms with Crippen molar-refractivity contribution in [1.29, 1.82) is 0 Å². The van der Waals surface area contributed by atoms with Gasteiger partial charge in [-0.3, -0.25) is 14.4 Å². The first-order valence-corrected chi connectivity index (χ1v) is 20.3. The standard InChI is InChI=1S/C33H45N3O6S6/c1-22-25-13-19-40-28(37)11-5-8-17-35-24(3)27(48-32(35)44)15-21-42-30(39)12-6-9-18-36-23(2)26(47-33(36)45)14-20-41-29(38)10-4-7-16-34(22)31(43)46-25/h4-21H2,1-3H3. The number of hydrogen-bond donors (Lipinski definition) is 0. The summed E-state index contributed by atoms with van der Waals surface area (Å²) < 4.78 is 25.3. The fourth-order valence-corrected chi connectivity index (χ4v) is 10.2. The third-order valence-electron chi connectivity index (χ3n) is 8.53. The van der Waals surface area contributed by atoms with Crippen LogP contribution in [0.25, 0.3) is 0 Å². The van der Waals surface area contributed by atoms with Crippen molar-refractivity contribution in [2.45, 2.75) is 117 Å². The Morgan fingerprint density at radius 2 is 0.729 bits per heavy atom. The van der Waals surface area contributed by atoms with Crippen LogP contribution in [-0.2, 0) is 67.5 Å². The number of ether oxygens (including phenoxy) is 3. The summed E-state index contributed by atoms with van der Waals surface area (Å²) in [4.78, 5) is 40.6. The van der Waals surface area contributed by atoms with Crippen LogP contribution in [0, 0.1) is 32.6 Å². The molecule has 6 bridgehead atoms. The minimum Gasteiger partial charge on any atom is -0.465 e. The van der Waals surface area contributed by atoms with Crippen LogP contribution < -0.4 is 0 Å². The molecular formula is C33H45N3O6S6. The van der Waals surface area contributed by atoms with Gasteiger partial charge in [-0.05, 0) is 95.9 Å². The summed E-state index contributed by atoms with van der Waals surface area (Å²) in [5.74, 6) is -0.593.